The highest BCUT2D eigenvalue weighted by Crippen LogP contribution is 2.28. The Balaban J connectivity index is 2.24. The molecule has 2 aromatic rings. The van der Waals surface area contributed by atoms with E-state index in [1.54, 1.807) is 0 Å². The predicted octanol–water partition coefficient (Wildman–Crippen LogP) is 4.68. The van der Waals surface area contributed by atoms with Crippen LogP contribution in [0.15, 0.2) is 70.5 Å². The first-order valence-corrected chi connectivity index (χ1v) is 7.33. The lowest BCUT2D eigenvalue weighted by Crippen LogP contribution is -2.17. The molecule has 19 heavy (non-hydrogen) atoms. The Kier molecular flexibility index (Phi) is 4.53. The van der Waals surface area contributed by atoms with E-state index in [4.69, 9.17) is 0 Å². The minimum atomic E-state index is -4.10. The highest BCUT2D eigenvalue weighted by molar-refractivity contribution is 7.97. The molecule has 0 nitrogen and oxygen atoms in total. The number of halogens is 3. The summed E-state index contributed by atoms with van der Waals surface area (Å²) in [5.74, 6) is 0.109. The molecule has 0 N–H and O–H groups in total. The fraction of sp³-hybridized carbons (Fsp3) is 0.200. The Bertz CT molecular complexity index is 454. The van der Waals surface area contributed by atoms with Crippen LogP contribution in [0.1, 0.15) is 6.42 Å². The van der Waals surface area contributed by atoms with E-state index in [0.717, 1.165) is 9.79 Å². The molecular formula is C15H14F3S+. The Labute approximate surface area is 113 Å². The van der Waals surface area contributed by atoms with Crippen molar-refractivity contribution in [3.63, 3.8) is 0 Å². The molecule has 0 saturated carbocycles. The number of benzene rings is 2. The standard InChI is InChI=1S/C15H14F3S/c16-15(17,18)11-12-19(13-7-3-1-4-8-13)14-9-5-2-6-10-14/h1-10H,11-12H2/q+1. The summed E-state index contributed by atoms with van der Waals surface area (Å²) in [4.78, 5) is 1.91. The van der Waals surface area contributed by atoms with Crippen molar-refractivity contribution in [2.75, 3.05) is 5.75 Å². The van der Waals surface area contributed by atoms with Crippen LogP contribution in [0.2, 0.25) is 0 Å². The lowest BCUT2D eigenvalue weighted by Gasteiger charge is -2.09. The largest absolute Gasteiger partial charge is 0.393 e. The van der Waals surface area contributed by atoms with Gasteiger partial charge < -0.3 is 0 Å². The summed E-state index contributed by atoms with van der Waals surface area (Å²) in [7, 11) is -0.518. The van der Waals surface area contributed by atoms with Crippen LogP contribution in [-0.2, 0) is 10.9 Å². The predicted molar refractivity (Wildman–Crippen MR) is 72.3 cm³/mol. The van der Waals surface area contributed by atoms with E-state index in [0.29, 0.717) is 0 Å². The van der Waals surface area contributed by atoms with Gasteiger partial charge in [0.1, 0.15) is 5.75 Å². The fourth-order valence-electron chi connectivity index (χ4n) is 1.76. The van der Waals surface area contributed by atoms with Crippen LogP contribution in [0.25, 0.3) is 0 Å². The maximum Gasteiger partial charge on any atom is 0.393 e. The van der Waals surface area contributed by atoms with Crippen molar-refractivity contribution in [3.05, 3.63) is 60.7 Å². The lowest BCUT2D eigenvalue weighted by atomic mass is 10.4. The van der Waals surface area contributed by atoms with Gasteiger partial charge in [-0.05, 0) is 24.3 Å². The van der Waals surface area contributed by atoms with Crippen molar-refractivity contribution >= 4 is 10.9 Å². The third-order valence-electron chi connectivity index (χ3n) is 2.65. The van der Waals surface area contributed by atoms with Gasteiger partial charge in [-0.1, -0.05) is 36.4 Å². The average molecular weight is 283 g/mol. The van der Waals surface area contributed by atoms with Crippen LogP contribution in [0.4, 0.5) is 13.2 Å². The number of hydrogen-bond acceptors (Lipinski definition) is 0. The first-order chi connectivity index (χ1) is 9.06. The van der Waals surface area contributed by atoms with Gasteiger partial charge in [0, 0.05) is 0 Å². The molecule has 0 aliphatic rings. The van der Waals surface area contributed by atoms with Crippen molar-refractivity contribution in [1.82, 2.24) is 0 Å². The second-order valence-electron chi connectivity index (χ2n) is 4.09. The molecule has 0 heterocycles. The third kappa shape index (κ3) is 4.31. The molecule has 4 heteroatoms. The molecule has 0 aliphatic carbocycles. The van der Waals surface area contributed by atoms with E-state index in [2.05, 4.69) is 0 Å². The zero-order valence-corrected chi connectivity index (χ0v) is 11.0. The van der Waals surface area contributed by atoms with Gasteiger partial charge in [0.2, 0.25) is 0 Å². The molecule has 0 aromatic heterocycles. The van der Waals surface area contributed by atoms with Crippen molar-refractivity contribution in [1.29, 1.82) is 0 Å². The highest BCUT2D eigenvalue weighted by atomic mass is 32.2. The summed E-state index contributed by atoms with van der Waals surface area (Å²) in [6.07, 6.45) is -4.85. The maximum absolute atomic E-state index is 12.5. The average Bonchev–Trinajstić information content (AvgIpc) is 2.40. The molecule has 0 unspecified atom stereocenters. The van der Waals surface area contributed by atoms with Crippen LogP contribution < -0.4 is 0 Å². The Morgan fingerprint density at radius 2 is 1.16 bits per heavy atom. The molecule has 2 rings (SSSR count). The van der Waals surface area contributed by atoms with Gasteiger partial charge in [0.25, 0.3) is 0 Å². The quantitative estimate of drug-likeness (QED) is 0.715. The minimum absolute atomic E-state index is 0.109. The van der Waals surface area contributed by atoms with E-state index >= 15 is 0 Å². The Morgan fingerprint density at radius 3 is 1.53 bits per heavy atom. The molecule has 0 bridgehead atoms. The smallest absolute Gasteiger partial charge is 0.171 e. The molecule has 2 aromatic carbocycles. The van der Waals surface area contributed by atoms with Crippen LogP contribution >= 0.6 is 0 Å². The molecule has 0 radical (unpaired) electrons. The van der Waals surface area contributed by atoms with Gasteiger partial charge in [-0.2, -0.15) is 13.2 Å². The lowest BCUT2D eigenvalue weighted by molar-refractivity contribution is -0.129. The molecular weight excluding hydrogens is 269 g/mol. The van der Waals surface area contributed by atoms with E-state index in [1.807, 2.05) is 60.7 Å². The zero-order chi connectivity index (χ0) is 13.7. The Morgan fingerprint density at radius 1 is 0.737 bits per heavy atom. The van der Waals surface area contributed by atoms with E-state index < -0.39 is 23.5 Å². The monoisotopic (exact) mass is 283 g/mol. The number of alkyl halides is 3. The van der Waals surface area contributed by atoms with Gasteiger partial charge in [-0.15, -0.1) is 0 Å². The van der Waals surface area contributed by atoms with Gasteiger partial charge in [0.15, 0.2) is 9.79 Å². The van der Waals surface area contributed by atoms with Crippen LogP contribution in [0.3, 0.4) is 0 Å². The molecule has 0 spiro atoms. The molecule has 0 saturated heterocycles. The normalized spacial score (nSPS) is 11.8. The molecule has 100 valence electrons. The van der Waals surface area contributed by atoms with Gasteiger partial charge in [-0.3, -0.25) is 0 Å². The van der Waals surface area contributed by atoms with E-state index in [-0.39, 0.29) is 5.75 Å². The summed E-state index contributed by atoms with van der Waals surface area (Å²) in [5.41, 5.74) is 0. The molecule has 0 atom stereocenters. The summed E-state index contributed by atoms with van der Waals surface area (Å²) in [5, 5.41) is 0. The summed E-state index contributed by atoms with van der Waals surface area (Å²) >= 11 is 0. The zero-order valence-electron chi connectivity index (χ0n) is 10.2. The molecule has 0 amide bonds. The summed E-state index contributed by atoms with van der Waals surface area (Å²) < 4.78 is 37.4. The first-order valence-electron chi connectivity index (χ1n) is 5.94. The van der Waals surface area contributed by atoms with Gasteiger partial charge in [-0.25, -0.2) is 0 Å². The van der Waals surface area contributed by atoms with Crippen molar-refractivity contribution in [2.24, 2.45) is 0 Å². The summed E-state index contributed by atoms with van der Waals surface area (Å²) in [6, 6.07) is 18.8. The van der Waals surface area contributed by atoms with Crippen molar-refractivity contribution < 1.29 is 13.2 Å². The topological polar surface area (TPSA) is 0 Å². The number of hydrogen-bond donors (Lipinski definition) is 0. The SMILES string of the molecule is FC(F)(F)CC[S+](c1ccccc1)c1ccccc1. The second kappa shape index (κ2) is 6.15. The second-order valence-corrected chi connectivity index (χ2v) is 6.22. The fourth-order valence-corrected chi connectivity index (χ4v) is 3.91. The van der Waals surface area contributed by atoms with Gasteiger partial charge in [0.05, 0.1) is 17.3 Å². The minimum Gasteiger partial charge on any atom is -0.171 e. The first kappa shape index (κ1) is 14.0. The van der Waals surface area contributed by atoms with Crippen molar-refractivity contribution in [2.45, 2.75) is 22.4 Å². The molecule has 0 aliphatic heterocycles. The van der Waals surface area contributed by atoms with Crippen molar-refractivity contribution in [3.8, 4) is 0 Å². The summed E-state index contributed by atoms with van der Waals surface area (Å²) in [6.45, 7) is 0. The number of rotatable bonds is 4. The van der Waals surface area contributed by atoms with E-state index in [9.17, 15) is 13.2 Å². The van der Waals surface area contributed by atoms with Crippen LogP contribution in [0, 0.1) is 0 Å². The third-order valence-corrected chi connectivity index (χ3v) is 4.94. The van der Waals surface area contributed by atoms with Gasteiger partial charge >= 0.3 is 6.18 Å². The Hall–Kier alpha value is -1.42. The molecule has 0 fully saturated rings. The highest BCUT2D eigenvalue weighted by Gasteiger charge is 2.34. The van der Waals surface area contributed by atoms with E-state index in [1.165, 1.54) is 0 Å². The maximum atomic E-state index is 12.5. The van der Waals surface area contributed by atoms with Crippen LogP contribution in [-0.4, -0.2) is 11.9 Å². The van der Waals surface area contributed by atoms with Crippen LogP contribution in [0.5, 0.6) is 0 Å².